The van der Waals surface area contributed by atoms with Crippen molar-refractivity contribution in [2.75, 3.05) is 0 Å². The van der Waals surface area contributed by atoms with E-state index in [9.17, 15) is 26.4 Å². The molecule has 1 aromatic heterocycles. The minimum Gasteiger partial charge on any atom is -0.369 e. The third-order valence-electron chi connectivity index (χ3n) is 4.01. The molecule has 8 nitrogen and oxygen atoms in total. The average Bonchev–Trinajstić information content (AvgIpc) is 3.11. The molecule has 2 aromatic carbocycles. The van der Waals surface area contributed by atoms with Crippen molar-refractivity contribution in [3.05, 3.63) is 59.1 Å². The second kappa shape index (κ2) is 7.70. The molecule has 0 radical (unpaired) electrons. The fourth-order valence-electron chi connectivity index (χ4n) is 2.88. The third kappa shape index (κ3) is 4.30. The summed E-state index contributed by atoms with van der Waals surface area (Å²) < 4.78 is 64.4. The second-order valence-electron chi connectivity index (χ2n) is 6.13. The Morgan fingerprint density at radius 3 is 2.37 bits per heavy atom. The number of nitrogens with two attached hydrogens (primary N) is 2. The van der Waals surface area contributed by atoms with Gasteiger partial charge in [0.25, 0.3) is 5.82 Å². The van der Waals surface area contributed by atoms with E-state index in [1.165, 1.54) is 18.2 Å². The molecular formula is C17H13ClF3N5O3S. The third-order valence-corrected chi connectivity index (χ3v) is 5.32. The lowest BCUT2D eigenvalue weighted by molar-refractivity contribution is -0.144. The highest BCUT2D eigenvalue weighted by Crippen LogP contribution is 2.38. The largest absolute Gasteiger partial charge is 0.453 e. The van der Waals surface area contributed by atoms with Gasteiger partial charge in [0.15, 0.2) is 0 Å². The summed E-state index contributed by atoms with van der Waals surface area (Å²) in [6.45, 7) is 0. The van der Waals surface area contributed by atoms with Crippen molar-refractivity contribution >= 4 is 27.5 Å². The molecule has 0 spiro atoms. The SMILES string of the molecule is NC(=O)Cc1ccc(-n2cnc(C(F)(F)F)n2)c(S(N)(=O)=O)c1-c1ccccc1Cl. The van der Waals surface area contributed by atoms with E-state index >= 15 is 0 Å². The monoisotopic (exact) mass is 459 g/mol. The molecule has 30 heavy (non-hydrogen) atoms. The standard InChI is InChI=1S/C17H13ClF3N5O3S/c18-11-4-2-1-3-10(11)14-9(7-13(22)27)5-6-12(15(14)30(23,28)29)26-8-24-16(25-26)17(19,20)21/h1-6,8H,7H2,(H2,22,27)(H2,23,28,29). The molecule has 1 amide bonds. The number of aromatic nitrogens is 3. The number of primary sulfonamides is 1. The number of alkyl halides is 3. The summed E-state index contributed by atoms with van der Waals surface area (Å²) in [5, 5.41) is 8.84. The van der Waals surface area contributed by atoms with E-state index in [-0.39, 0.29) is 33.8 Å². The molecule has 4 N–H and O–H groups in total. The Balaban J connectivity index is 2.41. The second-order valence-corrected chi connectivity index (χ2v) is 8.03. The molecular weight excluding hydrogens is 447 g/mol. The minimum absolute atomic E-state index is 0.0662. The summed E-state index contributed by atoms with van der Waals surface area (Å²) in [6.07, 6.45) is -4.50. The van der Waals surface area contributed by atoms with Gasteiger partial charge in [0, 0.05) is 16.1 Å². The topological polar surface area (TPSA) is 134 Å². The lowest BCUT2D eigenvalue weighted by Crippen LogP contribution is -2.20. The van der Waals surface area contributed by atoms with Gasteiger partial charge in [-0.3, -0.25) is 4.79 Å². The number of amides is 1. The normalized spacial score (nSPS) is 12.2. The maximum atomic E-state index is 12.9. The van der Waals surface area contributed by atoms with Gasteiger partial charge in [-0.05, 0) is 17.7 Å². The first-order valence-corrected chi connectivity index (χ1v) is 10.0. The van der Waals surface area contributed by atoms with Crippen molar-refractivity contribution in [1.29, 1.82) is 0 Å². The number of primary amides is 1. The molecule has 0 fully saturated rings. The smallest absolute Gasteiger partial charge is 0.369 e. The van der Waals surface area contributed by atoms with Gasteiger partial charge in [0.05, 0.1) is 12.1 Å². The molecule has 3 rings (SSSR count). The van der Waals surface area contributed by atoms with Crippen LogP contribution in [0.1, 0.15) is 11.4 Å². The Kier molecular flexibility index (Phi) is 5.58. The lowest BCUT2D eigenvalue weighted by Gasteiger charge is -2.18. The van der Waals surface area contributed by atoms with E-state index in [0.29, 0.717) is 11.0 Å². The molecule has 0 saturated carbocycles. The fourth-order valence-corrected chi connectivity index (χ4v) is 4.09. The minimum atomic E-state index is -4.84. The van der Waals surface area contributed by atoms with Gasteiger partial charge in [-0.15, -0.1) is 5.10 Å². The van der Waals surface area contributed by atoms with Crippen molar-refractivity contribution in [2.45, 2.75) is 17.5 Å². The number of rotatable bonds is 5. The molecule has 0 aliphatic rings. The number of hydrogen-bond acceptors (Lipinski definition) is 5. The van der Waals surface area contributed by atoms with Crippen LogP contribution in [0.2, 0.25) is 5.02 Å². The zero-order valence-electron chi connectivity index (χ0n) is 14.9. The summed E-state index contributed by atoms with van der Waals surface area (Å²) in [5.41, 5.74) is 5.25. The predicted octanol–water partition coefficient (Wildman–Crippen LogP) is 2.28. The predicted molar refractivity (Wildman–Crippen MR) is 101 cm³/mol. The maximum absolute atomic E-state index is 12.9. The quantitative estimate of drug-likeness (QED) is 0.603. The van der Waals surface area contributed by atoms with Crippen LogP contribution in [0.5, 0.6) is 0 Å². The van der Waals surface area contributed by atoms with Crippen molar-refractivity contribution < 1.29 is 26.4 Å². The van der Waals surface area contributed by atoms with Crippen molar-refractivity contribution in [3.8, 4) is 16.8 Å². The molecule has 0 unspecified atom stereocenters. The van der Waals surface area contributed by atoms with E-state index in [1.807, 2.05) is 0 Å². The molecule has 0 aliphatic carbocycles. The summed E-state index contributed by atoms with van der Waals surface area (Å²) in [7, 11) is -4.54. The van der Waals surface area contributed by atoms with Crippen LogP contribution in [-0.2, 0) is 27.4 Å². The van der Waals surface area contributed by atoms with Gasteiger partial charge >= 0.3 is 6.18 Å². The molecule has 1 heterocycles. The number of carbonyl (C=O) groups is 1. The first kappa shape index (κ1) is 21.7. The molecule has 0 atom stereocenters. The molecule has 0 bridgehead atoms. The molecule has 0 saturated heterocycles. The van der Waals surface area contributed by atoms with Crippen LogP contribution < -0.4 is 10.9 Å². The van der Waals surface area contributed by atoms with Crippen LogP contribution >= 0.6 is 11.6 Å². The number of hydrogen-bond donors (Lipinski definition) is 2. The highest BCUT2D eigenvalue weighted by molar-refractivity contribution is 7.89. The van der Waals surface area contributed by atoms with E-state index < -0.39 is 32.8 Å². The fraction of sp³-hybridized carbons (Fsp3) is 0.118. The first-order chi connectivity index (χ1) is 13.9. The van der Waals surface area contributed by atoms with Crippen LogP contribution in [0.4, 0.5) is 13.2 Å². The zero-order valence-corrected chi connectivity index (χ0v) is 16.5. The highest BCUT2D eigenvalue weighted by atomic mass is 35.5. The number of sulfonamides is 1. The Morgan fingerprint density at radius 1 is 1.17 bits per heavy atom. The number of halogens is 4. The molecule has 13 heteroatoms. The zero-order chi connectivity index (χ0) is 22.3. The van der Waals surface area contributed by atoms with Gasteiger partial charge < -0.3 is 5.73 Å². The Hall–Kier alpha value is -2.96. The van der Waals surface area contributed by atoms with E-state index in [2.05, 4.69) is 10.1 Å². The average molecular weight is 460 g/mol. The summed E-state index contributed by atoms with van der Waals surface area (Å²) in [4.78, 5) is 14.1. The van der Waals surface area contributed by atoms with Gasteiger partial charge in [0.2, 0.25) is 15.9 Å². The highest BCUT2D eigenvalue weighted by Gasteiger charge is 2.36. The maximum Gasteiger partial charge on any atom is 0.453 e. The van der Waals surface area contributed by atoms with Crippen molar-refractivity contribution in [3.63, 3.8) is 0 Å². The van der Waals surface area contributed by atoms with Crippen LogP contribution in [0.15, 0.2) is 47.6 Å². The van der Waals surface area contributed by atoms with Gasteiger partial charge in [-0.2, -0.15) is 13.2 Å². The van der Waals surface area contributed by atoms with Gasteiger partial charge in [0.1, 0.15) is 11.2 Å². The summed E-state index contributed by atoms with van der Waals surface area (Å²) >= 11 is 6.22. The summed E-state index contributed by atoms with van der Waals surface area (Å²) in [5.74, 6) is -2.24. The Labute approximate surface area is 173 Å². The summed E-state index contributed by atoms with van der Waals surface area (Å²) in [6, 6.07) is 8.60. The van der Waals surface area contributed by atoms with Gasteiger partial charge in [-0.25, -0.2) is 23.2 Å². The number of benzene rings is 2. The Bertz CT molecular complexity index is 1240. The van der Waals surface area contributed by atoms with Crippen LogP contribution in [0.3, 0.4) is 0 Å². The number of nitrogens with zero attached hydrogens (tertiary/aromatic N) is 3. The van der Waals surface area contributed by atoms with E-state index in [4.69, 9.17) is 22.5 Å². The first-order valence-electron chi connectivity index (χ1n) is 8.10. The van der Waals surface area contributed by atoms with Crippen LogP contribution in [0, 0.1) is 0 Å². The van der Waals surface area contributed by atoms with Gasteiger partial charge in [-0.1, -0.05) is 35.9 Å². The molecule has 158 valence electrons. The van der Waals surface area contributed by atoms with E-state index in [1.54, 1.807) is 12.1 Å². The Morgan fingerprint density at radius 2 is 1.83 bits per heavy atom. The van der Waals surface area contributed by atoms with E-state index in [0.717, 1.165) is 6.07 Å². The van der Waals surface area contributed by atoms with Crippen LogP contribution in [0.25, 0.3) is 16.8 Å². The molecule has 0 aliphatic heterocycles. The van der Waals surface area contributed by atoms with Crippen molar-refractivity contribution in [2.24, 2.45) is 10.9 Å². The van der Waals surface area contributed by atoms with Crippen LogP contribution in [-0.4, -0.2) is 29.1 Å². The van der Waals surface area contributed by atoms with Crippen molar-refractivity contribution in [1.82, 2.24) is 14.8 Å². The lowest BCUT2D eigenvalue weighted by atomic mass is 9.96. The molecule has 3 aromatic rings. The number of carbonyl (C=O) groups excluding carboxylic acids is 1.